The fourth-order valence-electron chi connectivity index (χ4n) is 2.58. The molecule has 0 aliphatic heterocycles. The minimum absolute atomic E-state index is 0.849. The number of thiazole rings is 1. The summed E-state index contributed by atoms with van der Waals surface area (Å²) in [5, 5.41) is 4.76. The van der Waals surface area contributed by atoms with Crippen molar-refractivity contribution in [1.82, 2.24) is 4.98 Å². The molecule has 1 N–H and O–H groups in total. The Balaban J connectivity index is 1.72. The molecule has 0 atom stereocenters. The Kier molecular flexibility index (Phi) is 3.56. The van der Waals surface area contributed by atoms with E-state index in [4.69, 9.17) is 4.98 Å². The van der Waals surface area contributed by atoms with E-state index in [1.165, 1.54) is 58.1 Å². The minimum atomic E-state index is 0.849. The second kappa shape index (κ2) is 5.33. The molecule has 1 aromatic heterocycles. The normalized spacial score (nSPS) is 14.2. The molecule has 1 heterocycles. The summed E-state index contributed by atoms with van der Waals surface area (Å²) in [6.07, 6.45) is 5.05. The van der Waals surface area contributed by atoms with Gasteiger partial charge in [0.05, 0.1) is 12.2 Å². The summed E-state index contributed by atoms with van der Waals surface area (Å²) >= 11 is 1.89. The maximum absolute atomic E-state index is 4.77. The van der Waals surface area contributed by atoms with Crippen molar-refractivity contribution < 1.29 is 0 Å². The highest BCUT2D eigenvalue weighted by Crippen LogP contribution is 2.27. The molecule has 2 nitrogen and oxygen atoms in total. The summed E-state index contributed by atoms with van der Waals surface area (Å²) in [6, 6.07) is 6.54. The molecule has 1 aromatic carbocycles. The number of aryl methyl sites for hydroxylation is 4. The first kappa shape index (κ1) is 12.7. The third-order valence-corrected chi connectivity index (χ3v) is 4.87. The number of fused-ring (bicyclic) bond motifs is 1. The highest BCUT2D eigenvalue weighted by atomic mass is 32.1. The predicted octanol–water partition coefficient (Wildman–Crippen LogP) is 4.25. The van der Waals surface area contributed by atoms with Crippen molar-refractivity contribution in [3.05, 3.63) is 44.9 Å². The number of hydrogen-bond acceptors (Lipinski definition) is 3. The second-order valence-electron chi connectivity index (χ2n) is 5.36. The van der Waals surface area contributed by atoms with Crippen LogP contribution < -0.4 is 5.32 Å². The van der Waals surface area contributed by atoms with Crippen LogP contribution in [-0.4, -0.2) is 4.98 Å². The molecule has 100 valence electrons. The van der Waals surface area contributed by atoms with Crippen molar-refractivity contribution in [3.8, 4) is 0 Å². The van der Waals surface area contributed by atoms with Crippen LogP contribution in [0.4, 0.5) is 5.69 Å². The van der Waals surface area contributed by atoms with Crippen molar-refractivity contribution in [2.45, 2.75) is 46.1 Å². The summed E-state index contributed by atoms with van der Waals surface area (Å²) < 4.78 is 0. The Morgan fingerprint density at radius 3 is 2.89 bits per heavy atom. The van der Waals surface area contributed by atoms with Crippen LogP contribution in [-0.2, 0) is 19.4 Å². The Morgan fingerprint density at radius 2 is 2.05 bits per heavy atom. The number of nitrogens with one attached hydrogen (secondary N) is 1. The number of rotatable bonds is 3. The zero-order chi connectivity index (χ0) is 13.2. The number of aromatic nitrogens is 1. The van der Waals surface area contributed by atoms with Crippen LogP contribution >= 0.6 is 11.3 Å². The fraction of sp³-hybridized carbons (Fsp3) is 0.438. The minimum Gasteiger partial charge on any atom is -0.378 e. The Hall–Kier alpha value is -1.35. The lowest BCUT2D eigenvalue weighted by atomic mass is 10.0. The average Bonchev–Trinajstić information content (AvgIpc) is 2.82. The van der Waals surface area contributed by atoms with Gasteiger partial charge in [-0.25, -0.2) is 4.98 Å². The van der Waals surface area contributed by atoms with Gasteiger partial charge in [-0.1, -0.05) is 12.1 Å². The van der Waals surface area contributed by atoms with Crippen molar-refractivity contribution in [2.24, 2.45) is 0 Å². The molecule has 0 fully saturated rings. The summed E-state index contributed by atoms with van der Waals surface area (Å²) in [4.78, 5) is 6.29. The second-order valence-corrected chi connectivity index (χ2v) is 6.52. The van der Waals surface area contributed by atoms with E-state index < -0.39 is 0 Å². The van der Waals surface area contributed by atoms with Crippen LogP contribution in [0.25, 0.3) is 0 Å². The zero-order valence-electron chi connectivity index (χ0n) is 11.6. The number of benzene rings is 1. The van der Waals surface area contributed by atoms with Crippen LogP contribution in [0.3, 0.4) is 0 Å². The number of anilines is 1. The van der Waals surface area contributed by atoms with Crippen LogP contribution in [0.5, 0.6) is 0 Å². The van der Waals surface area contributed by atoms with E-state index in [-0.39, 0.29) is 0 Å². The molecule has 0 saturated heterocycles. The number of nitrogens with zero attached hydrogens (tertiary/aromatic N) is 1. The van der Waals surface area contributed by atoms with Crippen molar-refractivity contribution in [1.29, 1.82) is 0 Å². The lowest BCUT2D eigenvalue weighted by Gasteiger charge is -2.08. The molecule has 1 aliphatic rings. The predicted molar refractivity (Wildman–Crippen MR) is 82.0 cm³/mol. The first-order chi connectivity index (χ1) is 9.22. The van der Waals surface area contributed by atoms with Gasteiger partial charge in [0.15, 0.2) is 0 Å². The standard InChI is InChI=1S/C16H20N2S/c1-11-7-8-12(2)14(9-11)17-10-16-18-13-5-3-4-6-15(13)19-16/h7-9,17H,3-6,10H2,1-2H3. The molecular weight excluding hydrogens is 252 g/mol. The zero-order valence-corrected chi connectivity index (χ0v) is 12.4. The fourth-order valence-corrected chi connectivity index (χ4v) is 3.67. The SMILES string of the molecule is Cc1ccc(C)c(NCc2nc3c(s2)CCCC3)c1. The molecule has 0 unspecified atom stereocenters. The van der Waals surface area contributed by atoms with Gasteiger partial charge >= 0.3 is 0 Å². The largest absolute Gasteiger partial charge is 0.378 e. The molecule has 0 radical (unpaired) electrons. The van der Waals surface area contributed by atoms with Gasteiger partial charge in [0, 0.05) is 10.6 Å². The van der Waals surface area contributed by atoms with E-state index in [0.29, 0.717) is 0 Å². The Morgan fingerprint density at radius 1 is 1.21 bits per heavy atom. The summed E-state index contributed by atoms with van der Waals surface area (Å²) in [7, 11) is 0. The molecule has 0 saturated carbocycles. The van der Waals surface area contributed by atoms with Gasteiger partial charge < -0.3 is 5.32 Å². The van der Waals surface area contributed by atoms with E-state index in [1.54, 1.807) is 0 Å². The molecule has 2 aromatic rings. The van der Waals surface area contributed by atoms with E-state index in [9.17, 15) is 0 Å². The first-order valence-electron chi connectivity index (χ1n) is 7.01. The van der Waals surface area contributed by atoms with Gasteiger partial charge in [0.25, 0.3) is 0 Å². The van der Waals surface area contributed by atoms with Gasteiger partial charge in [0.2, 0.25) is 0 Å². The molecule has 0 bridgehead atoms. The lowest BCUT2D eigenvalue weighted by molar-refractivity contribution is 0.681. The van der Waals surface area contributed by atoms with Gasteiger partial charge in [-0.3, -0.25) is 0 Å². The van der Waals surface area contributed by atoms with Crippen molar-refractivity contribution in [2.75, 3.05) is 5.32 Å². The Labute approximate surface area is 118 Å². The highest BCUT2D eigenvalue weighted by molar-refractivity contribution is 7.11. The Bertz CT molecular complexity index is 563. The summed E-state index contributed by atoms with van der Waals surface area (Å²) in [6.45, 7) is 5.13. The van der Waals surface area contributed by atoms with E-state index >= 15 is 0 Å². The van der Waals surface area contributed by atoms with Gasteiger partial charge in [-0.15, -0.1) is 11.3 Å². The first-order valence-corrected chi connectivity index (χ1v) is 7.82. The van der Waals surface area contributed by atoms with Gasteiger partial charge in [-0.2, -0.15) is 0 Å². The van der Waals surface area contributed by atoms with E-state index in [0.717, 1.165) is 6.54 Å². The third kappa shape index (κ3) is 2.81. The maximum atomic E-state index is 4.77. The quantitative estimate of drug-likeness (QED) is 0.903. The van der Waals surface area contributed by atoms with Crippen LogP contribution in [0.2, 0.25) is 0 Å². The monoisotopic (exact) mass is 272 g/mol. The molecule has 0 spiro atoms. The summed E-state index contributed by atoms with van der Waals surface area (Å²) in [5.74, 6) is 0. The molecule has 0 amide bonds. The van der Waals surface area contributed by atoms with Crippen LogP contribution in [0, 0.1) is 13.8 Å². The van der Waals surface area contributed by atoms with Gasteiger partial charge in [-0.05, 0) is 56.7 Å². The molecule has 1 aliphatic carbocycles. The third-order valence-electron chi connectivity index (χ3n) is 3.71. The molecule has 19 heavy (non-hydrogen) atoms. The molecule has 3 rings (SSSR count). The van der Waals surface area contributed by atoms with E-state index in [1.807, 2.05) is 11.3 Å². The van der Waals surface area contributed by atoms with Crippen LogP contribution in [0.1, 0.15) is 39.5 Å². The summed E-state index contributed by atoms with van der Waals surface area (Å²) in [5.41, 5.74) is 5.18. The van der Waals surface area contributed by atoms with E-state index in [2.05, 4.69) is 37.4 Å². The van der Waals surface area contributed by atoms with Gasteiger partial charge in [0.1, 0.15) is 5.01 Å². The number of hydrogen-bond donors (Lipinski definition) is 1. The average molecular weight is 272 g/mol. The van der Waals surface area contributed by atoms with Crippen LogP contribution in [0.15, 0.2) is 18.2 Å². The van der Waals surface area contributed by atoms with Crippen molar-refractivity contribution >= 4 is 17.0 Å². The smallest absolute Gasteiger partial charge is 0.112 e. The topological polar surface area (TPSA) is 24.9 Å². The van der Waals surface area contributed by atoms with Crippen molar-refractivity contribution in [3.63, 3.8) is 0 Å². The maximum Gasteiger partial charge on any atom is 0.112 e. The lowest BCUT2D eigenvalue weighted by Crippen LogP contribution is -2.02. The molecular formula is C16H20N2S. The highest BCUT2D eigenvalue weighted by Gasteiger charge is 2.14. The molecule has 3 heteroatoms.